The van der Waals surface area contributed by atoms with Crippen molar-refractivity contribution in [3.8, 4) is 0 Å². The van der Waals surface area contributed by atoms with E-state index < -0.39 is 5.97 Å². The van der Waals surface area contributed by atoms with Crippen LogP contribution in [0.1, 0.15) is 12.0 Å². The topological polar surface area (TPSA) is 69.6 Å². The highest BCUT2D eigenvalue weighted by atomic mass is 35.5. The van der Waals surface area contributed by atoms with E-state index in [0.29, 0.717) is 10.7 Å². The summed E-state index contributed by atoms with van der Waals surface area (Å²) in [7, 11) is 1.53. The van der Waals surface area contributed by atoms with Gasteiger partial charge in [-0.05, 0) is 24.6 Å². The van der Waals surface area contributed by atoms with E-state index in [4.69, 9.17) is 16.7 Å². The van der Waals surface area contributed by atoms with E-state index in [1.165, 1.54) is 11.9 Å². The molecular weight excluding hydrogens is 256 g/mol. The second kappa shape index (κ2) is 6.26. The molecule has 0 spiro atoms. The van der Waals surface area contributed by atoms with Crippen molar-refractivity contribution in [1.82, 2.24) is 4.90 Å². The van der Waals surface area contributed by atoms with Gasteiger partial charge in [0.1, 0.15) is 0 Å². The summed E-state index contributed by atoms with van der Waals surface area (Å²) >= 11 is 5.98. The summed E-state index contributed by atoms with van der Waals surface area (Å²) in [5, 5.41) is 11.6. The summed E-state index contributed by atoms with van der Waals surface area (Å²) in [5.41, 5.74) is 1.51. The normalized spacial score (nSPS) is 9.94. The second-order valence-corrected chi connectivity index (χ2v) is 4.39. The number of carboxylic acid groups (broad SMARTS) is 1. The molecule has 0 aliphatic carbocycles. The van der Waals surface area contributed by atoms with Crippen molar-refractivity contribution in [3.63, 3.8) is 0 Å². The number of rotatable bonds is 4. The molecule has 0 radical (unpaired) electrons. The van der Waals surface area contributed by atoms with Gasteiger partial charge < -0.3 is 15.3 Å². The van der Waals surface area contributed by atoms with Crippen LogP contribution in [0.15, 0.2) is 18.2 Å². The number of hydrogen-bond donors (Lipinski definition) is 2. The van der Waals surface area contributed by atoms with Crippen LogP contribution in [0.3, 0.4) is 0 Å². The van der Waals surface area contributed by atoms with Crippen LogP contribution in [0.4, 0.5) is 10.5 Å². The molecule has 2 amide bonds. The van der Waals surface area contributed by atoms with E-state index in [-0.39, 0.29) is 19.0 Å². The van der Waals surface area contributed by atoms with Crippen LogP contribution in [0, 0.1) is 6.92 Å². The van der Waals surface area contributed by atoms with Crippen molar-refractivity contribution >= 4 is 29.3 Å². The Labute approximate surface area is 110 Å². The Morgan fingerprint density at radius 1 is 1.44 bits per heavy atom. The van der Waals surface area contributed by atoms with E-state index in [1.54, 1.807) is 12.1 Å². The number of nitrogens with one attached hydrogen (secondary N) is 1. The number of nitrogens with zero attached hydrogens (tertiary/aromatic N) is 1. The Morgan fingerprint density at radius 2 is 2.11 bits per heavy atom. The zero-order valence-corrected chi connectivity index (χ0v) is 11.0. The van der Waals surface area contributed by atoms with Gasteiger partial charge in [0, 0.05) is 13.6 Å². The molecule has 0 heterocycles. The minimum absolute atomic E-state index is 0.0917. The van der Waals surface area contributed by atoms with Gasteiger partial charge >= 0.3 is 12.0 Å². The maximum absolute atomic E-state index is 11.7. The number of halogens is 1. The number of urea groups is 1. The summed E-state index contributed by atoms with van der Waals surface area (Å²) in [4.78, 5) is 23.4. The van der Waals surface area contributed by atoms with E-state index in [1.807, 2.05) is 13.0 Å². The lowest BCUT2D eigenvalue weighted by Gasteiger charge is -2.17. The smallest absolute Gasteiger partial charge is 0.321 e. The molecule has 98 valence electrons. The van der Waals surface area contributed by atoms with Crippen molar-refractivity contribution < 1.29 is 14.7 Å². The molecule has 0 bridgehead atoms. The lowest BCUT2D eigenvalue weighted by Crippen LogP contribution is -2.33. The average molecular weight is 271 g/mol. The van der Waals surface area contributed by atoms with Gasteiger partial charge in [0.2, 0.25) is 0 Å². The fourth-order valence-corrected chi connectivity index (χ4v) is 1.58. The van der Waals surface area contributed by atoms with Crippen LogP contribution in [0.25, 0.3) is 0 Å². The highest BCUT2D eigenvalue weighted by Gasteiger charge is 2.11. The number of benzene rings is 1. The molecule has 0 aliphatic rings. The Hall–Kier alpha value is -1.75. The second-order valence-electron chi connectivity index (χ2n) is 3.98. The van der Waals surface area contributed by atoms with Crippen molar-refractivity contribution in [3.05, 3.63) is 28.8 Å². The van der Waals surface area contributed by atoms with Crippen molar-refractivity contribution in [2.75, 3.05) is 18.9 Å². The Bertz CT molecular complexity index is 463. The average Bonchev–Trinajstić information content (AvgIpc) is 2.29. The summed E-state index contributed by atoms with van der Waals surface area (Å²) in [6.45, 7) is 2.04. The maximum Gasteiger partial charge on any atom is 0.321 e. The lowest BCUT2D eigenvalue weighted by atomic mass is 10.2. The summed E-state index contributed by atoms with van der Waals surface area (Å²) in [6.07, 6.45) is -0.0917. The van der Waals surface area contributed by atoms with Gasteiger partial charge in [0.15, 0.2) is 0 Å². The first-order chi connectivity index (χ1) is 8.40. The molecule has 0 saturated carbocycles. The largest absolute Gasteiger partial charge is 0.481 e. The van der Waals surface area contributed by atoms with Gasteiger partial charge in [-0.3, -0.25) is 4.79 Å². The van der Waals surface area contributed by atoms with Crippen LogP contribution in [0.5, 0.6) is 0 Å². The minimum atomic E-state index is -0.942. The standard InChI is InChI=1S/C12H15ClN2O3/c1-8-3-4-10(9(13)7-8)14-12(18)15(2)6-5-11(16)17/h3-4,7H,5-6H2,1-2H3,(H,14,18)(H,16,17). The molecule has 0 unspecified atom stereocenters. The number of carbonyl (C=O) groups excluding carboxylic acids is 1. The lowest BCUT2D eigenvalue weighted by molar-refractivity contribution is -0.137. The molecule has 1 rings (SSSR count). The molecule has 18 heavy (non-hydrogen) atoms. The fraction of sp³-hybridized carbons (Fsp3) is 0.333. The fourth-order valence-electron chi connectivity index (χ4n) is 1.30. The van der Waals surface area contributed by atoms with E-state index >= 15 is 0 Å². The zero-order chi connectivity index (χ0) is 13.7. The van der Waals surface area contributed by atoms with Crippen LogP contribution in [-0.2, 0) is 4.79 Å². The number of anilines is 1. The first kappa shape index (κ1) is 14.3. The number of aliphatic carboxylic acids is 1. The van der Waals surface area contributed by atoms with Gasteiger partial charge in [-0.2, -0.15) is 0 Å². The third kappa shape index (κ3) is 4.25. The molecule has 0 saturated heterocycles. The van der Waals surface area contributed by atoms with Crippen molar-refractivity contribution in [1.29, 1.82) is 0 Å². The van der Waals surface area contributed by atoms with Crippen LogP contribution < -0.4 is 5.32 Å². The Morgan fingerprint density at radius 3 is 2.67 bits per heavy atom. The molecule has 5 nitrogen and oxygen atoms in total. The number of hydrogen-bond acceptors (Lipinski definition) is 2. The molecule has 0 aliphatic heterocycles. The van der Waals surface area contributed by atoms with Crippen LogP contribution in [0.2, 0.25) is 5.02 Å². The first-order valence-corrected chi connectivity index (χ1v) is 5.78. The number of aryl methyl sites for hydroxylation is 1. The van der Waals surface area contributed by atoms with Crippen molar-refractivity contribution in [2.45, 2.75) is 13.3 Å². The molecule has 1 aromatic rings. The third-order valence-corrected chi connectivity index (χ3v) is 2.69. The van der Waals surface area contributed by atoms with Gasteiger partial charge in [0.05, 0.1) is 17.1 Å². The highest BCUT2D eigenvalue weighted by Crippen LogP contribution is 2.22. The highest BCUT2D eigenvalue weighted by molar-refractivity contribution is 6.33. The van der Waals surface area contributed by atoms with Crippen LogP contribution >= 0.6 is 11.6 Å². The van der Waals surface area contributed by atoms with Gasteiger partial charge in [-0.1, -0.05) is 17.7 Å². The summed E-state index contributed by atoms with van der Waals surface area (Å²) in [6, 6.07) is 4.90. The van der Waals surface area contributed by atoms with E-state index in [9.17, 15) is 9.59 Å². The molecule has 1 aromatic carbocycles. The molecule has 2 N–H and O–H groups in total. The predicted octanol–water partition coefficient (Wildman–Crippen LogP) is 2.59. The Balaban J connectivity index is 2.61. The number of carbonyl (C=O) groups is 2. The molecular formula is C12H15ClN2O3. The Kier molecular flexibility index (Phi) is 4.97. The van der Waals surface area contributed by atoms with Gasteiger partial charge in [0.25, 0.3) is 0 Å². The quantitative estimate of drug-likeness (QED) is 0.883. The first-order valence-electron chi connectivity index (χ1n) is 5.40. The van der Waals surface area contributed by atoms with E-state index in [0.717, 1.165) is 5.56 Å². The van der Waals surface area contributed by atoms with Gasteiger partial charge in [-0.25, -0.2) is 4.79 Å². The summed E-state index contributed by atoms with van der Waals surface area (Å²) in [5.74, 6) is -0.942. The molecule has 0 aromatic heterocycles. The van der Waals surface area contributed by atoms with Crippen molar-refractivity contribution in [2.24, 2.45) is 0 Å². The SMILES string of the molecule is Cc1ccc(NC(=O)N(C)CCC(=O)O)c(Cl)c1. The predicted molar refractivity (Wildman–Crippen MR) is 70.1 cm³/mol. The number of carboxylic acids is 1. The maximum atomic E-state index is 11.7. The molecule has 0 atom stereocenters. The zero-order valence-electron chi connectivity index (χ0n) is 10.2. The van der Waals surface area contributed by atoms with Crippen LogP contribution in [-0.4, -0.2) is 35.6 Å². The third-order valence-electron chi connectivity index (χ3n) is 2.37. The number of amides is 2. The molecule has 0 fully saturated rings. The minimum Gasteiger partial charge on any atom is -0.481 e. The summed E-state index contributed by atoms with van der Waals surface area (Å²) < 4.78 is 0. The van der Waals surface area contributed by atoms with E-state index in [2.05, 4.69) is 5.32 Å². The molecule has 6 heteroatoms. The van der Waals surface area contributed by atoms with Gasteiger partial charge in [-0.15, -0.1) is 0 Å². The monoisotopic (exact) mass is 270 g/mol.